The summed E-state index contributed by atoms with van der Waals surface area (Å²) in [6, 6.07) is 22.7. The summed E-state index contributed by atoms with van der Waals surface area (Å²) in [6.07, 6.45) is 1.47. The molecule has 4 aromatic rings. The van der Waals surface area contributed by atoms with Crippen LogP contribution in [0.15, 0.2) is 83.5 Å². The first-order valence-corrected chi connectivity index (χ1v) is 9.54. The predicted molar refractivity (Wildman–Crippen MR) is 111 cm³/mol. The van der Waals surface area contributed by atoms with Crippen LogP contribution in [0.3, 0.4) is 0 Å². The molecule has 30 heavy (non-hydrogen) atoms. The van der Waals surface area contributed by atoms with Crippen molar-refractivity contribution in [2.24, 2.45) is 0 Å². The topological polar surface area (TPSA) is 73.6 Å². The molecule has 5 rings (SSSR count). The van der Waals surface area contributed by atoms with E-state index in [9.17, 15) is 4.79 Å². The van der Waals surface area contributed by atoms with E-state index >= 15 is 0 Å². The van der Waals surface area contributed by atoms with Gasteiger partial charge in [-0.3, -0.25) is 4.79 Å². The summed E-state index contributed by atoms with van der Waals surface area (Å²) < 4.78 is 16.7. The van der Waals surface area contributed by atoms with Gasteiger partial charge in [-0.2, -0.15) is 0 Å². The van der Waals surface area contributed by atoms with E-state index in [1.54, 1.807) is 0 Å². The highest BCUT2D eigenvalue weighted by atomic mass is 16.5. The normalized spacial score (nSPS) is 12.4. The van der Waals surface area contributed by atoms with E-state index in [2.05, 4.69) is 10.3 Å². The monoisotopic (exact) mass is 398 g/mol. The van der Waals surface area contributed by atoms with Gasteiger partial charge in [0.25, 0.3) is 5.89 Å². The zero-order valence-corrected chi connectivity index (χ0v) is 16.0. The van der Waals surface area contributed by atoms with Gasteiger partial charge in [-0.05, 0) is 47.5 Å². The number of anilines is 1. The van der Waals surface area contributed by atoms with Crippen molar-refractivity contribution in [1.29, 1.82) is 0 Å². The fourth-order valence-corrected chi connectivity index (χ4v) is 3.29. The van der Waals surface area contributed by atoms with Gasteiger partial charge < -0.3 is 19.2 Å². The van der Waals surface area contributed by atoms with E-state index in [1.165, 1.54) is 6.26 Å². The lowest BCUT2D eigenvalue weighted by Gasteiger charge is -2.06. The highest BCUT2D eigenvalue weighted by molar-refractivity contribution is 6.01. The van der Waals surface area contributed by atoms with Crippen molar-refractivity contribution in [3.8, 4) is 22.8 Å². The van der Waals surface area contributed by atoms with Gasteiger partial charge >= 0.3 is 5.91 Å². The van der Waals surface area contributed by atoms with Crippen molar-refractivity contribution in [3.05, 3.63) is 96.1 Å². The summed E-state index contributed by atoms with van der Waals surface area (Å²) >= 11 is 0. The van der Waals surface area contributed by atoms with Crippen LogP contribution >= 0.6 is 0 Å². The minimum atomic E-state index is -0.406. The van der Waals surface area contributed by atoms with Gasteiger partial charge in [0.05, 0.1) is 13.2 Å². The van der Waals surface area contributed by atoms with Crippen LogP contribution in [0.2, 0.25) is 0 Å². The molecule has 0 atom stereocenters. The van der Waals surface area contributed by atoms with Crippen LogP contribution in [0.4, 0.5) is 5.69 Å². The molecule has 0 unspecified atom stereocenters. The van der Waals surface area contributed by atoms with Crippen molar-refractivity contribution < 1.29 is 18.7 Å². The van der Waals surface area contributed by atoms with Gasteiger partial charge in [-0.15, -0.1) is 0 Å². The summed E-state index contributed by atoms with van der Waals surface area (Å²) in [6.45, 7) is 1.17. The van der Waals surface area contributed by atoms with Crippen LogP contribution in [0.1, 0.15) is 21.8 Å². The van der Waals surface area contributed by atoms with E-state index < -0.39 is 5.91 Å². The number of ether oxygens (including phenoxy) is 2. The number of carbonyl (C=O) groups is 1. The molecule has 0 radical (unpaired) electrons. The Morgan fingerprint density at radius 3 is 2.63 bits per heavy atom. The van der Waals surface area contributed by atoms with Crippen LogP contribution in [-0.2, 0) is 18.0 Å². The Kier molecular flexibility index (Phi) is 4.75. The van der Waals surface area contributed by atoms with Crippen LogP contribution in [0, 0.1) is 0 Å². The molecule has 148 valence electrons. The first kappa shape index (κ1) is 18.1. The molecule has 2 heterocycles. The molecule has 0 aliphatic carbocycles. The second kappa shape index (κ2) is 7.85. The average molecular weight is 398 g/mol. The van der Waals surface area contributed by atoms with Gasteiger partial charge in [0, 0.05) is 11.3 Å². The lowest BCUT2D eigenvalue weighted by molar-refractivity contribution is 0.0990. The Balaban J connectivity index is 1.31. The third kappa shape index (κ3) is 3.81. The van der Waals surface area contributed by atoms with Gasteiger partial charge in [0.2, 0.25) is 0 Å². The molecule has 1 amide bonds. The molecule has 1 aromatic heterocycles. The maximum atomic E-state index is 12.5. The summed E-state index contributed by atoms with van der Waals surface area (Å²) in [5.41, 5.74) is 4.25. The van der Waals surface area contributed by atoms with E-state index in [0.29, 0.717) is 30.3 Å². The summed E-state index contributed by atoms with van der Waals surface area (Å²) in [5, 5.41) is 2.82. The second-order valence-electron chi connectivity index (χ2n) is 6.91. The number of nitrogens with one attached hydrogen (secondary N) is 1. The van der Waals surface area contributed by atoms with Crippen LogP contribution in [0.25, 0.3) is 11.3 Å². The van der Waals surface area contributed by atoms with Crippen molar-refractivity contribution in [1.82, 2.24) is 4.98 Å². The number of rotatable bonds is 5. The lowest BCUT2D eigenvalue weighted by Crippen LogP contribution is -2.12. The maximum absolute atomic E-state index is 12.5. The van der Waals surface area contributed by atoms with Gasteiger partial charge in [0.15, 0.2) is 0 Å². The van der Waals surface area contributed by atoms with Crippen molar-refractivity contribution in [2.45, 2.75) is 13.2 Å². The van der Waals surface area contributed by atoms with Gasteiger partial charge in [-0.1, -0.05) is 36.4 Å². The molecule has 0 saturated carbocycles. The third-order valence-corrected chi connectivity index (χ3v) is 4.79. The molecular weight excluding hydrogens is 380 g/mol. The molecule has 3 aromatic carbocycles. The van der Waals surface area contributed by atoms with Gasteiger partial charge in [0.1, 0.15) is 23.5 Å². The second-order valence-corrected chi connectivity index (χ2v) is 6.91. The maximum Gasteiger partial charge on any atom is 0.311 e. The first-order valence-electron chi connectivity index (χ1n) is 9.54. The predicted octanol–water partition coefficient (Wildman–Crippen LogP) is 5.42. The standard InChI is InChI=1S/C24H18N2O4/c27-23(25-19-10-9-17-13-28-14-18(17)11-19)24-26-22(15-29-24)16-5-4-8-21(12-16)30-20-6-2-1-3-7-20/h1-12,15H,13-14H2,(H,25,27). The number of para-hydroxylation sites is 1. The van der Waals surface area contributed by atoms with Crippen LogP contribution in [0.5, 0.6) is 11.5 Å². The SMILES string of the molecule is O=C(Nc1ccc2c(c1)COC2)c1nc(-c2cccc(Oc3ccccc3)c2)co1. The average Bonchev–Trinajstić information content (AvgIpc) is 3.44. The summed E-state index contributed by atoms with van der Waals surface area (Å²) in [7, 11) is 0. The zero-order valence-electron chi connectivity index (χ0n) is 16.0. The van der Waals surface area contributed by atoms with Crippen molar-refractivity contribution in [2.75, 3.05) is 5.32 Å². The Hall–Kier alpha value is -3.90. The Bertz CT molecular complexity index is 1200. The molecule has 6 nitrogen and oxygen atoms in total. The number of hydrogen-bond donors (Lipinski definition) is 1. The molecule has 0 saturated heterocycles. The molecule has 0 spiro atoms. The van der Waals surface area contributed by atoms with Crippen LogP contribution < -0.4 is 10.1 Å². The largest absolute Gasteiger partial charge is 0.457 e. The molecule has 1 aliphatic heterocycles. The highest BCUT2D eigenvalue weighted by Gasteiger charge is 2.17. The van der Waals surface area contributed by atoms with Gasteiger partial charge in [-0.25, -0.2) is 4.98 Å². The molecule has 0 bridgehead atoms. The van der Waals surface area contributed by atoms with E-state index in [4.69, 9.17) is 13.9 Å². The van der Waals surface area contributed by atoms with Crippen molar-refractivity contribution in [3.63, 3.8) is 0 Å². The highest BCUT2D eigenvalue weighted by Crippen LogP contribution is 2.27. The summed E-state index contributed by atoms with van der Waals surface area (Å²) in [5.74, 6) is 1.01. The minimum Gasteiger partial charge on any atom is -0.457 e. The summed E-state index contributed by atoms with van der Waals surface area (Å²) in [4.78, 5) is 16.9. The molecule has 6 heteroatoms. The van der Waals surface area contributed by atoms with Crippen molar-refractivity contribution >= 4 is 11.6 Å². The smallest absolute Gasteiger partial charge is 0.311 e. The fourth-order valence-electron chi connectivity index (χ4n) is 3.29. The minimum absolute atomic E-state index is 0.00358. The Morgan fingerprint density at radius 2 is 1.73 bits per heavy atom. The first-order chi connectivity index (χ1) is 14.7. The number of aromatic nitrogens is 1. The van der Waals surface area contributed by atoms with E-state index in [1.807, 2.05) is 72.8 Å². The molecule has 1 N–H and O–H groups in total. The fraction of sp³-hybridized carbons (Fsp3) is 0.0833. The number of hydrogen-bond acceptors (Lipinski definition) is 5. The van der Waals surface area contributed by atoms with E-state index in [0.717, 1.165) is 22.4 Å². The number of carbonyl (C=O) groups excluding carboxylic acids is 1. The molecule has 0 fully saturated rings. The molecular formula is C24H18N2O4. The Morgan fingerprint density at radius 1 is 0.900 bits per heavy atom. The molecule has 1 aliphatic rings. The number of nitrogens with zero attached hydrogens (tertiary/aromatic N) is 1. The lowest BCUT2D eigenvalue weighted by atomic mass is 10.1. The number of amides is 1. The number of oxazole rings is 1. The Labute approximate surface area is 173 Å². The quantitative estimate of drug-likeness (QED) is 0.486. The number of benzene rings is 3. The number of fused-ring (bicyclic) bond motifs is 1. The zero-order chi connectivity index (χ0) is 20.3. The van der Waals surface area contributed by atoms with Crippen LogP contribution in [-0.4, -0.2) is 10.9 Å². The third-order valence-electron chi connectivity index (χ3n) is 4.79. The van der Waals surface area contributed by atoms with E-state index in [-0.39, 0.29) is 5.89 Å².